The second-order valence-corrected chi connectivity index (χ2v) is 21.0. The minimum absolute atomic E-state index is 1.10. The summed E-state index contributed by atoms with van der Waals surface area (Å²) in [5.74, 6) is 0. The van der Waals surface area contributed by atoms with E-state index in [0.717, 1.165) is 68.2 Å². The summed E-state index contributed by atoms with van der Waals surface area (Å²) in [6, 6.07) is 119. The molecule has 0 aliphatic heterocycles. The van der Waals surface area contributed by atoms with Gasteiger partial charge in [0.15, 0.2) is 0 Å². The first-order chi connectivity index (χ1) is 40.6. The predicted molar refractivity (Wildman–Crippen MR) is 350 cm³/mol. The second-order valence-electron chi connectivity index (χ2n) is 21.0. The Balaban J connectivity index is 0.759. The van der Waals surface area contributed by atoms with Gasteiger partial charge in [-0.25, -0.2) is 0 Å². The Morgan fingerprint density at radius 1 is 0.122 bits per heavy atom. The smallest absolute Gasteiger partial charge is 0.0468 e. The van der Waals surface area contributed by atoms with Gasteiger partial charge >= 0.3 is 0 Å². The van der Waals surface area contributed by atoms with Crippen LogP contribution in [-0.4, -0.2) is 0 Å². The van der Waals surface area contributed by atoms with Crippen molar-refractivity contribution in [2.75, 3.05) is 19.6 Å². The number of rotatable bonds is 12. The molecule has 0 spiro atoms. The summed E-state index contributed by atoms with van der Waals surface area (Å²) in [6.45, 7) is 0. The Morgan fingerprint density at radius 2 is 0.268 bits per heavy atom. The van der Waals surface area contributed by atoms with Crippen LogP contribution in [0.1, 0.15) is 0 Å². The monoisotopic (exact) mass is 1050 g/mol. The molecular weight excluding hydrogens is 993 g/mol. The van der Waals surface area contributed by atoms with Gasteiger partial charge < -0.3 is 19.6 Å². The Kier molecular flexibility index (Phi) is 12.2. The number of benzene rings is 15. The fraction of sp³-hybridized carbons (Fsp3) is 0. The van der Waals surface area contributed by atoms with E-state index in [4.69, 9.17) is 0 Å². The predicted octanol–water partition coefficient (Wildman–Crippen LogP) is 22.5. The number of para-hydroxylation sites is 6. The van der Waals surface area contributed by atoms with Crippen LogP contribution in [0.5, 0.6) is 0 Å². The van der Waals surface area contributed by atoms with Gasteiger partial charge in [-0.3, -0.25) is 0 Å². The molecule has 0 atom stereocenters. The molecular formula is C78H54N4. The van der Waals surface area contributed by atoms with Gasteiger partial charge in [0.2, 0.25) is 0 Å². The first kappa shape index (κ1) is 48.2. The van der Waals surface area contributed by atoms with Crippen LogP contribution in [0.3, 0.4) is 0 Å². The Bertz CT molecular complexity index is 4420. The zero-order valence-electron chi connectivity index (χ0n) is 45.0. The lowest BCUT2D eigenvalue weighted by Crippen LogP contribution is -2.10. The Labute approximate surface area is 477 Å². The average molecular weight is 1050 g/mol. The van der Waals surface area contributed by atoms with Gasteiger partial charge in [0.1, 0.15) is 0 Å². The largest absolute Gasteiger partial charge is 0.310 e. The van der Waals surface area contributed by atoms with Crippen LogP contribution >= 0.6 is 0 Å². The molecule has 0 saturated carbocycles. The van der Waals surface area contributed by atoms with Gasteiger partial charge in [0.25, 0.3) is 0 Å². The number of nitrogens with zero attached hydrogens (tertiary/aromatic N) is 4. The molecule has 15 rings (SSSR count). The second kappa shape index (κ2) is 20.7. The molecule has 0 radical (unpaired) electrons. The van der Waals surface area contributed by atoms with Crippen LogP contribution in [0.25, 0.3) is 64.6 Å². The molecule has 0 saturated heterocycles. The van der Waals surface area contributed by atoms with Crippen LogP contribution in [0, 0.1) is 0 Å². The highest BCUT2D eigenvalue weighted by molar-refractivity contribution is 6.13. The highest BCUT2D eigenvalue weighted by Crippen LogP contribution is 2.44. The van der Waals surface area contributed by atoms with Crippen molar-refractivity contribution in [3.05, 3.63) is 328 Å². The number of fused-ring (bicyclic) bond motifs is 9. The number of hydrogen-bond donors (Lipinski definition) is 0. The summed E-state index contributed by atoms with van der Waals surface area (Å²) >= 11 is 0. The summed E-state index contributed by atoms with van der Waals surface area (Å²) in [6.07, 6.45) is 0. The first-order valence-corrected chi connectivity index (χ1v) is 28.1. The molecule has 0 amide bonds. The van der Waals surface area contributed by atoms with E-state index in [1.54, 1.807) is 0 Å². The first-order valence-electron chi connectivity index (χ1n) is 28.1. The van der Waals surface area contributed by atoms with E-state index < -0.39 is 0 Å². The van der Waals surface area contributed by atoms with Crippen LogP contribution in [0.2, 0.25) is 0 Å². The van der Waals surface area contributed by atoms with Crippen molar-refractivity contribution in [2.45, 2.75) is 0 Å². The van der Waals surface area contributed by atoms with Crippen molar-refractivity contribution < 1.29 is 0 Å². The maximum atomic E-state index is 2.38. The minimum atomic E-state index is 1.10. The Hall–Kier alpha value is -10.9. The van der Waals surface area contributed by atoms with E-state index >= 15 is 0 Å². The summed E-state index contributed by atoms with van der Waals surface area (Å²) in [5.41, 5.74) is 13.3. The third-order valence-electron chi connectivity index (χ3n) is 16.0. The molecule has 0 unspecified atom stereocenters. The SMILES string of the molecule is c1ccc(N(c2ccccc2)c2ccc3c(ccc4cc(N(c5ccccc5)c5ccc6c(ccc7cc(N(c8ccccc8)c8ccc9c(ccc%10cc(N(c%11ccccc%11)c%11ccccc%11)ccc%109)c8)ccc76)c5)ccc43)c2)cc1. The fourth-order valence-corrected chi connectivity index (χ4v) is 12.2. The lowest BCUT2D eigenvalue weighted by Gasteiger charge is -2.27. The summed E-state index contributed by atoms with van der Waals surface area (Å²) in [4.78, 5) is 9.40. The maximum Gasteiger partial charge on any atom is 0.0468 e. The van der Waals surface area contributed by atoms with E-state index in [1.807, 2.05) is 0 Å². The molecule has 0 fully saturated rings. The van der Waals surface area contributed by atoms with Crippen LogP contribution < -0.4 is 19.6 Å². The molecule has 0 aliphatic carbocycles. The van der Waals surface area contributed by atoms with E-state index in [2.05, 4.69) is 347 Å². The normalized spacial score (nSPS) is 11.4. The van der Waals surface area contributed by atoms with E-state index in [9.17, 15) is 0 Å². The number of hydrogen-bond acceptors (Lipinski definition) is 4. The van der Waals surface area contributed by atoms with Gasteiger partial charge in [0.05, 0.1) is 0 Å². The van der Waals surface area contributed by atoms with Crippen molar-refractivity contribution >= 4 is 133 Å². The van der Waals surface area contributed by atoms with Crippen molar-refractivity contribution in [3.8, 4) is 0 Å². The van der Waals surface area contributed by atoms with Crippen molar-refractivity contribution in [3.63, 3.8) is 0 Å². The molecule has 4 nitrogen and oxygen atoms in total. The maximum absolute atomic E-state index is 2.38. The van der Waals surface area contributed by atoms with Crippen LogP contribution in [0.15, 0.2) is 328 Å². The zero-order chi connectivity index (χ0) is 54.3. The summed E-state index contributed by atoms with van der Waals surface area (Å²) in [7, 11) is 0. The van der Waals surface area contributed by atoms with E-state index in [0.29, 0.717) is 0 Å². The molecule has 0 aromatic heterocycles. The molecule has 15 aromatic carbocycles. The van der Waals surface area contributed by atoms with Gasteiger partial charge in [-0.1, -0.05) is 182 Å². The third-order valence-corrected chi connectivity index (χ3v) is 16.0. The molecule has 82 heavy (non-hydrogen) atoms. The highest BCUT2D eigenvalue weighted by Gasteiger charge is 2.20. The van der Waals surface area contributed by atoms with E-state index in [1.165, 1.54) is 64.6 Å². The molecule has 0 bridgehead atoms. The summed E-state index contributed by atoms with van der Waals surface area (Å²) in [5, 5.41) is 14.5. The third kappa shape index (κ3) is 8.86. The van der Waals surface area contributed by atoms with Gasteiger partial charge in [-0.2, -0.15) is 0 Å². The van der Waals surface area contributed by atoms with Crippen molar-refractivity contribution in [1.82, 2.24) is 0 Å². The fourth-order valence-electron chi connectivity index (χ4n) is 12.2. The Morgan fingerprint density at radius 3 is 0.427 bits per heavy atom. The highest BCUT2D eigenvalue weighted by atomic mass is 15.2. The van der Waals surface area contributed by atoms with Crippen molar-refractivity contribution in [1.29, 1.82) is 0 Å². The molecule has 386 valence electrons. The number of anilines is 12. The van der Waals surface area contributed by atoms with Crippen LogP contribution in [-0.2, 0) is 0 Å². The average Bonchev–Trinajstić information content (AvgIpc) is 3.73. The quantitative estimate of drug-likeness (QED) is 0.113. The van der Waals surface area contributed by atoms with Crippen LogP contribution in [0.4, 0.5) is 68.2 Å². The van der Waals surface area contributed by atoms with Gasteiger partial charge in [-0.05, 0) is 210 Å². The molecule has 15 aromatic rings. The van der Waals surface area contributed by atoms with Crippen molar-refractivity contribution in [2.24, 2.45) is 0 Å². The molecule has 0 N–H and O–H groups in total. The minimum Gasteiger partial charge on any atom is -0.310 e. The molecule has 0 heterocycles. The zero-order valence-corrected chi connectivity index (χ0v) is 45.0. The standard InChI is InChI=1S/C78H54N4/c1-7-19-61(20-8-1)79(62-21-9-2-10-22-62)67-37-43-73-55(49-67)31-33-57-51-69(39-45-75(57)73)81(65-27-15-5-16-28-65)71-41-47-77-59(53-71)35-36-60-54-72(42-48-78(60)77)82(66-29-17-6-18-30-66)70-40-46-76-58(52-70)34-32-56-50-68(38-44-74(56)76)80(63-23-11-3-12-24-63)64-25-13-4-14-26-64/h1-54H. The van der Waals surface area contributed by atoms with Gasteiger partial charge in [0, 0.05) is 68.2 Å². The lowest BCUT2D eigenvalue weighted by atomic mass is 9.98. The molecule has 0 aliphatic rings. The molecule has 4 heteroatoms. The topological polar surface area (TPSA) is 13.0 Å². The van der Waals surface area contributed by atoms with E-state index in [-0.39, 0.29) is 0 Å². The summed E-state index contributed by atoms with van der Waals surface area (Å²) < 4.78 is 0. The lowest BCUT2D eigenvalue weighted by molar-refractivity contribution is 1.29. The van der Waals surface area contributed by atoms with Gasteiger partial charge in [-0.15, -0.1) is 0 Å².